The molecule has 0 aromatic heterocycles. The average Bonchev–Trinajstić information content (AvgIpc) is 2.54. The van der Waals surface area contributed by atoms with Crippen LogP contribution in [0.3, 0.4) is 0 Å². The Balaban J connectivity index is 2.71. The zero-order chi connectivity index (χ0) is 17.6. The van der Waals surface area contributed by atoms with Crippen LogP contribution in [0, 0.1) is 0 Å². The van der Waals surface area contributed by atoms with Crippen LogP contribution < -0.4 is 6.14 Å². The van der Waals surface area contributed by atoms with Crippen LogP contribution in [0.15, 0.2) is 0 Å². The van der Waals surface area contributed by atoms with Gasteiger partial charge in [0.1, 0.15) is 0 Å². The second-order valence-corrected chi connectivity index (χ2v) is 14.9. The molecule has 2 aromatic rings. The molecule has 120 valence electrons. The summed E-state index contributed by atoms with van der Waals surface area (Å²) < 4.78 is 1.21. The van der Waals surface area contributed by atoms with Gasteiger partial charge in [-0.2, -0.15) is 0 Å². The molecule has 0 nitrogen and oxygen atoms in total. The minimum atomic E-state index is -2.36. The third-order valence-corrected chi connectivity index (χ3v) is 19.4. The van der Waals surface area contributed by atoms with Crippen molar-refractivity contribution in [3.05, 3.63) is 50.2 Å². The summed E-state index contributed by atoms with van der Waals surface area (Å²) in [5.41, 5.74) is 0. The Morgan fingerprint density at radius 2 is 0.478 bits per heavy atom. The Hall–Kier alpha value is 2.28. The first-order chi connectivity index (χ1) is 10.6. The molecule has 0 radical (unpaired) electrons. The van der Waals surface area contributed by atoms with E-state index in [-0.39, 0.29) is 50.2 Å². The van der Waals surface area contributed by atoms with Gasteiger partial charge in [0.2, 0.25) is 0 Å². The number of halogens is 10. The van der Waals surface area contributed by atoms with Crippen molar-refractivity contribution in [1.82, 2.24) is 0 Å². The molecule has 0 heterocycles. The third-order valence-electron chi connectivity index (χ3n) is 2.95. The van der Waals surface area contributed by atoms with Gasteiger partial charge in [0.05, 0.1) is 0 Å². The molecular formula is C12Cl10Hg. The molecule has 0 bridgehead atoms. The number of benzene rings is 2. The van der Waals surface area contributed by atoms with Gasteiger partial charge in [0.15, 0.2) is 0 Å². The Morgan fingerprint density at radius 3 is 0.696 bits per heavy atom. The van der Waals surface area contributed by atoms with Crippen molar-refractivity contribution < 1.29 is 24.6 Å². The molecule has 2 rings (SSSR count). The van der Waals surface area contributed by atoms with Gasteiger partial charge in [0.25, 0.3) is 0 Å². The normalized spacial score (nSPS) is 10.9. The van der Waals surface area contributed by atoms with Gasteiger partial charge in [-0.3, -0.25) is 0 Å². The summed E-state index contributed by atoms with van der Waals surface area (Å²) >= 11 is 59.0. The SMILES string of the molecule is Clc1c(Cl)c(Cl)[c]([Hg][c]2c(Cl)c(Cl)c(Cl)c(Cl)c2Cl)c(Cl)c1Cl. The van der Waals surface area contributed by atoms with E-state index in [1.165, 1.54) is 0 Å². The van der Waals surface area contributed by atoms with E-state index in [0.717, 1.165) is 0 Å². The van der Waals surface area contributed by atoms with Crippen LogP contribution in [0.1, 0.15) is 0 Å². The first-order valence-electron chi connectivity index (χ1n) is 5.60. The van der Waals surface area contributed by atoms with Gasteiger partial charge in [-0.05, 0) is 0 Å². The van der Waals surface area contributed by atoms with E-state index in [0.29, 0.717) is 6.14 Å². The first-order valence-corrected chi connectivity index (χ1v) is 14.9. The molecule has 0 unspecified atom stereocenters. The second kappa shape index (κ2) is 8.53. The molecule has 0 saturated carbocycles. The molecule has 0 aliphatic carbocycles. The van der Waals surface area contributed by atoms with Gasteiger partial charge >= 0.3 is 197 Å². The molecule has 11 heteroatoms. The van der Waals surface area contributed by atoms with Crippen LogP contribution in [0.25, 0.3) is 0 Å². The van der Waals surface area contributed by atoms with Crippen molar-refractivity contribution >= 4 is 122 Å². The monoisotopic (exact) mass is 696 g/mol. The number of rotatable bonds is 2. The predicted molar refractivity (Wildman–Crippen MR) is 102 cm³/mol. The summed E-state index contributed by atoms with van der Waals surface area (Å²) in [6, 6.07) is 0. The minimum absolute atomic E-state index is 0.0878. The zero-order valence-corrected chi connectivity index (χ0v) is 23.5. The van der Waals surface area contributed by atoms with Gasteiger partial charge < -0.3 is 0 Å². The average molecular weight is 699 g/mol. The molecule has 0 aliphatic rings. The van der Waals surface area contributed by atoms with Crippen LogP contribution >= 0.6 is 116 Å². The quantitative estimate of drug-likeness (QED) is 0.168. The fourth-order valence-electron chi connectivity index (χ4n) is 1.79. The molecule has 0 amide bonds. The fraction of sp³-hybridized carbons (Fsp3) is 0. The summed E-state index contributed by atoms with van der Waals surface area (Å²) in [4.78, 5) is 0. The van der Waals surface area contributed by atoms with E-state index in [9.17, 15) is 0 Å². The molecule has 0 saturated heterocycles. The number of hydrogen-bond acceptors (Lipinski definition) is 0. The van der Waals surface area contributed by atoms with Crippen LogP contribution in [0.2, 0.25) is 50.2 Å². The molecule has 0 aliphatic heterocycles. The molecule has 0 spiro atoms. The van der Waals surface area contributed by atoms with E-state index in [2.05, 4.69) is 0 Å². The summed E-state index contributed by atoms with van der Waals surface area (Å²) in [5, 5.41) is 1.56. The van der Waals surface area contributed by atoms with E-state index >= 15 is 0 Å². The topological polar surface area (TPSA) is 0 Å². The Kier molecular flexibility index (Phi) is 8.00. The fourth-order valence-corrected chi connectivity index (χ4v) is 14.8. The van der Waals surface area contributed by atoms with Crippen molar-refractivity contribution in [1.29, 1.82) is 0 Å². The van der Waals surface area contributed by atoms with Gasteiger partial charge in [-0.25, -0.2) is 0 Å². The summed E-state index contributed by atoms with van der Waals surface area (Å²) in [7, 11) is 0. The van der Waals surface area contributed by atoms with Crippen molar-refractivity contribution in [3.63, 3.8) is 0 Å². The zero-order valence-electron chi connectivity index (χ0n) is 10.5. The van der Waals surface area contributed by atoms with E-state index in [1.807, 2.05) is 0 Å². The molecule has 2 aromatic carbocycles. The molecule has 23 heavy (non-hydrogen) atoms. The first kappa shape index (κ1) is 21.6. The summed E-state index contributed by atoms with van der Waals surface area (Å²) in [6.45, 7) is 0. The van der Waals surface area contributed by atoms with Crippen LogP contribution in [-0.2, 0) is 24.6 Å². The van der Waals surface area contributed by atoms with Crippen molar-refractivity contribution in [2.45, 2.75) is 0 Å². The maximum absolute atomic E-state index is 6.26. The predicted octanol–water partition coefficient (Wildman–Crippen LogP) is 8.25. The van der Waals surface area contributed by atoms with Crippen LogP contribution in [0.5, 0.6) is 0 Å². The number of hydrogen-bond donors (Lipinski definition) is 0. The maximum atomic E-state index is 6.26. The molecule has 0 fully saturated rings. The van der Waals surface area contributed by atoms with Crippen molar-refractivity contribution in [3.8, 4) is 0 Å². The van der Waals surface area contributed by atoms with Crippen LogP contribution in [0.4, 0.5) is 0 Å². The third kappa shape index (κ3) is 4.09. The second-order valence-electron chi connectivity index (χ2n) is 4.27. The molecule has 0 atom stereocenters. The summed E-state index contributed by atoms with van der Waals surface area (Å²) in [6.07, 6.45) is 0. The summed E-state index contributed by atoms with van der Waals surface area (Å²) in [5.74, 6) is 0. The van der Waals surface area contributed by atoms with E-state index in [4.69, 9.17) is 116 Å². The Labute approximate surface area is 194 Å². The van der Waals surface area contributed by atoms with E-state index < -0.39 is 24.6 Å². The van der Waals surface area contributed by atoms with E-state index in [1.54, 1.807) is 0 Å². The van der Waals surface area contributed by atoms with Crippen LogP contribution in [-0.4, -0.2) is 0 Å². The van der Waals surface area contributed by atoms with Gasteiger partial charge in [-0.15, -0.1) is 0 Å². The van der Waals surface area contributed by atoms with Crippen molar-refractivity contribution in [2.24, 2.45) is 0 Å². The van der Waals surface area contributed by atoms with Gasteiger partial charge in [-0.1, -0.05) is 0 Å². The molecular weight excluding hydrogens is 699 g/mol. The Bertz CT molecular complexity index is 691. The van der Waals surface area contributed by atoms with Crippen molar-refractivity contribution in [2.75, 3.05) is 0 Å². The Morgan fingerprint density at radius 1 is 0.304 bits per heavy atom. The van der Waals surface area contributed by atoms with Gasteiger partial charge in [0, 0.05) is 0 Å². The standard InChI is InChI=1S/2C6Cl5.Hg/c2*7-2-1-3(8)5(10)6(11)4(2)9;. The molecule has 0 N–H and O–H groups in total.